The van der Waals surface area contributed by atoms with Crippen molar-refractivity contribution >= 4 is 33.3 Å². The second kappa shape index (κ2) is 8.69. The van der Waals surface area contributed by atoms with Crippen molar-refractivity contribution in [2.24, 2.45) is 0 Å². The maximum Gasteiger partial charge on any atom is 0.140 e. The van der Waals surface area contributed by atoms with Crippen LogP contribution in [0.1, 0.15) is 6.42 Å². The van der Waals surface area contributed by atoms with Gasteiger partial charge in [-0.05, 0) is 28.4 Å². The molecule has 0 aliphatic rings. The lowest BCUT2D eigenvalue weighted by atomic mass is 10.4. The molecule has 0 saturated carbocycles. The summed E-state index contributed by atoms with van der Waals surface area (Å²) >= 11 is 9.19. The van der Waals surface area contributed by atoms with Crippen LogP contribution in [0, 0.1) is 0 Å². The Morgan fingerprint density at radius 1 is 1.41 bits per heavy atom. The number of nitrogens with one attached hydrogen (secondary N) is 1. The third kappa shape index (κ3) is 6.21. The maximum absolute atomic E-state index is 5.80. The smallest absolute Gasteiger partial charge is 0.140 e. The number of hydrogen-bond donors (Lipinski definition) is 1. The second-order valence-corrected chi connectivity index (χ2v) is 4.66. The SMILES string of the molecule is COCCOCCCNc1ncc(Cl)cc1Br. The van der Waals surface area contributed by atoms with Crippen LogP contribution >= 0.6 is 27.5 Å². The Balaban J connectivity index is 2.14. The van der Waals surface area contributed by atoms with E-state index in [1.165, 1.54) is 0 Å². The number of hydrogen-bond acceptors (Lipinski definition) is 4. The highest BCUT2D eigenvalue weighted by molar-refractivity contribution is 9.10. The summed E-state index contributed by atoms with van der Waals surface area (Å²) in [6.45, 7) is 2.79. The first kappa shape index (κ1) is 14.7. The third-order valence-electron chi connectivity index (χ3n) is 2.00. The molecular weight excluding hydrogens is 307 g/mol. The molecule has 1 rings (SSSR count). The molecule has 0 aliphatic heterocycles. The van der Waals surface area contributed by atoms with Crippen molar-refractivity contribution in [3.63, 3.8) is 0 Å². The van der Waals surface area contributed by atoms with E-state index in [0.717, 1.165) is 23.3 Å². The number of methoxy groups -OCH3 is 1. The second-order valence-electron chi connectivity index (χ2n) is 3.37. The molecule has 0 fully saturated rings. The first-order valence-corrected chi connectivity index (χ1v) is 6.52. The van der Waals surface area contributed by atoms with Gasteiger partial charge in [0.15, 0.2) is 0 Å². The highest BCUT2D eigenvalue weighted by Crippen LogP contribution is 2.22. The molecule has 0 saturated heterocycles. The van der Waals surface area contributed by atoms with E-state index in [4.69, 9.17) is 21.1 Å². The first-order chi connectivity index (χ1) is 8.24. The molecule has 0 spiro atoms. The Morgan fingerprint density at radius 3 is 2.94 bits per heavy atom. The van der Waals surface area contributed by atoms with Crippen LogP contribution in [0.4, 0.5) is 5.82 Å². The predicted molar refractivity (Wildman–Crippen MR) is 72.7 cm³/mol. The Labute approximate surface area is 115 Å². The van der Waals surface area contributed by atoms with Crippen molar-refractivity contribution in [1.29, 1.82) is 0 Å². The van der Waals surface area contributed by atoms with Gasteiger partial charge in [-0.25, -0.2) is 4.98 Å². The van der Waals surface area contributed by atoms with Crippen molar-refractivity contribution < 1.29 is 9.47 Å². The molecule has 1 aromatic heterocycles. The molecule has 6 heteroatoms. The summed E-state index contributed by atoms with van der Waals surface area (Å²) in [7, 11) is 1.66. The van der Waals surface area contributed by atoms with Crippen LogP contribution in [-0.4, -0.2) is 38.5 Å². The quantitative estimate of drug-likeness (QED) is 0.747. The topological polar surface area (TPSA) is 43.4 Å². The minimum atomic E-state index is 0.616. The fraction of sp³-hybridized carbons (Fsp3) is 0.545. The molecule has 4 nitrogen and oxygen atoms in total. The lowest BCUT2D eigenvalue weighted by Crippen LogP contribution is -2.09. The number of pyridine rings is 1. The molecule has 0 unspecified atom stereocenters. The summed E-state index contributed by atoms with van der Waals surface area (Å²) in [4.78, 5) is 4.17. The molecular formula is C11H16BrClN2O2. The Hall–Kier alpha value is -0.360. The number of aromatic nitrogens is 1. The van der Waals surface area contributed by atoms with E-state index >= 15 is 0 Å². The van der Waals surface area contributed by atoms with Crippen molar-refractivity contribution in [2.45, 2.75) is 6.42 Å². The van der Waals surface area contributed by atoms with E-state index in [0.29, 0.717) is 24.8 Å². The number of halogens is 2. The molecule has 0 atom stereocenters. The van der Waals surface area contributed by atoms with Gasteiger partial charge in [0.2, 0.25) is 0 Å². The molecule has 17 heavy (non-hydrogen) atoms. The zero-order valence-corrected chi connectivity index (χ0v) is 12.1. The van der Waals surface area contributed by atoms with Crippen molar-refractivity contribution in [3.05, 3.63) is 21.8 Å². The molecule has 1 N–H and O–H groups in total. The van der Waals surface area contributed by atoms with Crippen LogP contribution < -0.4 is 5.32 Å². The summed E-state index contributed by atoms with van der Waals surface area (Å²) in [5.74, 6) is 0.797. The molecule has 0 aromatic carbocycles. The van der Waals surface area contributed by atoms with Crippen molar-refractivity contribution in [2.75, 3.05) is 38.8 Å². The van der Waals surface area contributed by atoms with Gasteiger partial charge in [0.1, 0.15) is 5.82 Å². The Morgan fingerprint density at radius 2 is 2.24 bits per heavy atom. The molecule has 1 heterocycles. The molecule has 0 amide bonds. The minimum absolute atomic E-state index is 0.616. The summed E-state index contributed by atoms with van der Waals surface area (Å²) < 4.78 is 11.1. The summed E-state index contributed by atoms with van der Waals surface area (Å²) in [5, 5.41) is 3.82. The van der Waals surface area contributed by atoms with Gasteiger partial charge < -0.3 is 14.8 Å². The lowest BCUT2D eigenvalue weighted by molar-refractivity contribution is 0.0705. The third-order valence-corrected chi connectivity index (χ3v) is 2.81. The standard InChI is InChI=1S/C11H16BrClN2O2/c1-16-5-6-17-4-2-3-14-11-10(12)7-9(13)8-15-11/h7-8H,2-6H2,1H3,(H,14,15). The molecule has 96 valence electrons. The van der Waals surface area contributed by atoms with Crippen LogP contribution in [0.15, 0.2) is 16.7 Å². The van der Waals surface area contributed by atoms with Gasteiger partial charge in [0.25, 0.3) is 0 Å². The number of anilines is 1. The summed E-state index contributed by atoms with van der Waals surface area (Å²) in [5.41, 5.74) is 0. The van der Waals surface area contributed by atoms with Gasteiger partial charge in [-0.2, -0.15) is 0 Å². The molecule has 0 radical (unpaired) electrons. The van der Waals surface area contributed by atoms with Gasteiger partial charge in [0.05, 0.1) is 22.7 Å². The first-order valence-electron chi connectivity index (χ1n) is 5.35. The summed E-state index contributed by atoms with van der Waals surface area (Å²) in [6.07, 6.45) is 2.53. The van der Waals surface area contributed by atoms with Gasteiger partial charge in [-0.15, -0.1) is 0 Å². The fourth-order valence-corrected chi connectivity index (χ4v) is 1.95. The van der Waals surface area contributed by atoms with Crippen LogP contribution in [0.3, 0.4) is 0 Å². The zero-order chi connectivity index (χ0) is 12.5. The van der Waals surface area contributed by atoms with E-state index in [9.17, 15) is 0 Å². The Kier molecular flexibility index (Phi) is 7.51. The van der Waals surface area contributed by atoms with E-state index in [2.05, 4.69) is 26.2 Å². The number of ether oxygens (including phenoxy) is 2. The van der Waals surface area contributed by atoms with Gasteiger partial charge in [-0.1, -0.05) is 11.6 Å². The maximum atomic E-state index is 5.80. The highest BCUT2D eigenvalue weighted by Gasteiger charge is 2.01. The van der Waals surface area contributed by atoms with Crippen molar-refractivity contribution in [3.8, 4) is 0 Å². The van der Waals surface area contributed by atoms with Crippen LogP contribution in [0.25, 0.3) is 0 Å². The van der Waals surface area contributed by atoms with Crippen LogP contribution in [0.2, 0.25) is 5.02 Å². The highest BCUT2D eigenvalue weighted by atomic mass is 79.9. The van der Waals surface area contributed by atoms with Gasteiger partial charge in [-0.3, -0.25) is 0 Å². The zero-order valence-electron chi connectivity index (χ0n) is 9.71. The van der Waals surface area contributed by atoms with Gasteiger partial charge in [0, 0.05) is 26.5 Å². The van der Waals surface area contributed by atoms with E-state index in [-0.39, 0.29) is 0 Å². The predicted octanol–water partition coefficient (Wildman–Crippen LogP) is 2.96. The lowest BCUT2D eigenvalue weighted by Gasteiger charge is -2.08. The Bertz CT molecular complexity index is 339. The fourth-order valence-electron chi connectivity index (χ4n) is 1.17. The van der Waals surface area contributed by atoms with Crippen molar-refractivity contribution in [1.82, 2.24) is 4.98 Å². The largest absolute Gasteiger partial charge is 0.382 e. The van der Waals surface area contributed by atoms with E-state index < -0.39 is 0 Å². The molecule has 0 bridgehead atoms. The van der Waals surface area contributed by atoms with E-state index in [1.807, 2.05) is 6.07 Å². The van der Waals surface area contributed by atoms with Crippen LogP contribution in [0.5, 0.6) is 0 Å². The van der Waals surface area contributed by atoms with E-state index in [1.54, 1.807) is 13.3 Å². The average molecular weight is 324 g/mol. The molecule has 1 aromatic rings. The summed E-state index contributed by atoms with van der Waals surface area (Å²) in [6, 6.07) is 1.81. The minimum Gasteiger partial charge on any atom is -0.382 e. The van der Waals surface area contributed by atoms with Gasteiger partial charge >= 0.3 is 0 Å². The van der Waals surface area contributed by atoms with Crippen LogP contribution in [-0.2, 0) is 9.47 Å². The number of nitrogens with zero attached hydrogens (tertiary/aromatic N) is 1. The normalized spacial score (nSPS) is 10.5. The number of rotatable bonds is 8. The average Bonchev–Trinajstić information content (AvgIpc) is 2.30. The monoisotopic (exact) mass is 322 g/mol. The molecule has 0 aliphatic carbocycles.